The van der Waals surface area contributed by atoms with Crippen molar-refractivity contribution in [2.45, 2.75) is 19.9 Å². The van der Waals surface area contributed by atoms with Crippen LogP contribution in [0.3, 0.4) is 0 Å². The Hall–Kier alpha value is -2.17. The van der Waals surface area contributed by atoms with E-state index in [0.717, 1.165) is 24.3 Å². The third kappa shape index (κ3) is 3.16. The molecule has 0 aliphatic heterocycles. The SMILES string of the molecule is CCCNc1ccnc(Cn2cccnc2=O)c1. The van der Waals surface area contributed by atoms with Crippen LogP contribution in [0.4, 0.5) is 5.69 Å². The highest BCUT2D eigenvalue weighted by Crippen LogP contribution is 2.08. The molecule has 2 heterocycles. The van der Waals surface area contributed by atoms with E-state index in [4.69, 9.17) is 0 Å². The van der Waals surface area contributed by atoms with Gasteiger partial charge in [0.05, 0.1) is 12.2 Å². The maximum Gasteiger partial charge on any atom is 0.347 e. The molecule has 0 fully saturated rings. The molecule has 0 aliphatic rings. The Kier molecular flexibility index (Phi) is 4.06. The van der Waals surface area contributed by atoms with Gasteiger partial charge in [-0.1, -0.05) is 6.92 Å². The number of aromatic nitrogens is 3. The van der Waals surface area contributed by atoms with Gasteiger partial charge in [0.1, 0.15) is 0 Å². The molecule has 0 bridgehead atoms. The van der Waals surface area contributed by atoms with Gasteiger partial charge < -0.3 is 5.32 Å². The molecule has 0 saturated carbocycles. The van der Waals surface area contributed by atoms with Crippen molar-refractivity contribution in [3.63, 3.8) is 0 Å². The predicted molar refractivity (Wildman–Crippen MR) is 70.6 cm³/mol. The predicted octanol–water partition coefficient (Wildman–Crippen LogP) is 1.51. The fourth-order valence-corrected chi connectivity index (χ4v) is 1.63. The van der Waals surface area contributed by atoms with Crippen molar-refractivity contribution in [2.24, 2.45) is 0 Å². The second-order valence-corrected chi connectivity index (χ2v) is 3.99. The van der Waals surface area contributed by atoms with Crippen LogP contribution in [0.5, 0.6) is 0 Å². The summed E-state index contributed by atoms with van der Waals surface area (Å²) in [5.74, 6) is 0. The van der Waals surface area contributed by atoms with E-state index in [1.54, 1.807) is 18.5 Å². The maximum atomic E-state index is 11.5. The van der Waals surface area contributed by atoms with Crippen LogP contribution in [0.1, 0.15) is 19.0 Å². The molecule has 2 aromatic heterocycles. The molecule has 5 nitrogen and oxygen atoms in total. The van der Waals surface area contributed by atoms with Crippen LogP contribution in [0, 0.1) is 0 Å². The number of nitrogens with one attached hydrogen (secondary N) is 1. The first kappa shape index (κ1) is 12.3. The van der Waals surface area contributed by atoms with Crippen LogP contribution in [0.15, 0.2) is 41.6 Å². The normalized spacial score (nSPS) is 10.3. The number of hydrogen-bond donors (Lipinski definition) is 1. The molecule has 0 amide bonds. The van der Waals surface area contributed by atoms with E-state index in [-0.39, 0.29) is 5.69 Å². The quantitative estimate of drug-likeness (QED) is 0.866. The first-order valence-corrected chi connectivity index (χ1v) is 6.00. The van der Waals surface area contributed by atoms with Gasteiger partial charge in [0.15, 0.2) is 0 Å². The summed E-state index contributed by atoms with van der Waals surface area (Å²) in [6, 6.07) is 5.61. The summed E-state index contributed by atoms with van der Waals surface area (Å²) in [4.78, 5) is 19.5. The van der Waals surface area contributed by atoms with Crippen LogP contribution in [-0.2, 0) is 6.54 Å². The van der Waals surface area contributed by atoms with Gasteiger partial charge >= 0.3 is 5.69 Å². The fourth-order valence-electron chi connectivity index (χ4n) is 1.63. The minimum atomic E-state index is -0.258. The first-order chi connectivity index (χ1) is 8.79. The summed E-state index contributed by atoms with van der Waals surface area (Å²) in [6.07, 6.45) is 6.02. The molecule has 0 radical (unpaired) electrons. The number of anilines is 1. The zero-order chi connectivity index (χ0) is 12.8. The van der Waals surface area contributed by atoms with Gasteiger partial charge in [-0.2, -0.15) is 0 Å². The molecule has 1 N–H and O–H groups in total. The van der Waals surface area contributed by atoms with Crippen LogP contribution >= 0.6 is 0 Å². The second-order valence-electron chi connectivity index (χ2n) is 3.99. The van der Waals surface area contributed by atoms with Crippen LogP contribution < -0.4 is 11.0 Å². The minimum Gasteiger partial charge on any atom is -0.385 e. The standard InChI is InChI=1S/C13H16N4O/c1-2-5-14-11-4-7-15-12(9-11)10-17-8-3-6-16-13(17)18/h3-4,6-9H,2,5,10H2,1H3,(H,14,15). The van der Waals surface area contributed by atoms with Crippen molar-refractivity contribution >= 4 is 5.69 Å². The maximum absolute atomic E-state index is 11.5. The van der Waals surface area contributed by atoms with Crippen LogP contribution in [0.2, 0.25) is 0 Å². The molecule has 94 valence electrons. The number of hydrogen-bond acceptors (Lipinski definition) is 4. The van der Waals surface area contributed by atoms with Gasteiger partial charge in [-0.3, -0.25) is 9.55 Å². The molecule has 5 heteroatoms. The molecule has 2 aromatic rings. The Balaban J connectivity index is 2.14. The zero-order valence-electron chi connectivity index (χ0n) is 10.3. The van der Waals surface area contributed by atoms with E-state index in [1.165, 1.54) is 10.8 Å². The molecule has 0 saturated heterocycles. The highest BCUT2D eigenvalue weighted by Gasteiger charge is 2.00. The number of nitrogens with zero attached hydrogens (tertiary/aromatic N) is 3. The van der Waals surface area contributed by atoms with E-state index in [9.17, 15) is 4.79 Å². The van der Waals surface area contributed by atoms with E-state index in [2.05, 4.69) is 22.2 Å². The second kappa shape index (κ2) is 5.95. The summed E-state index contributed by atoms with van der Waals surface area (Å²) in [6.45, 7) is 3.48. The van der Waals surface area contributed by atoms with E-state index < -0.39 is 0 Å². The topological polar surface area (TPSA) is 59.8 Å². The smallest absolute Gasteiger partial charge is 0.347 e. The molecule has 0 aromatic carbocycles. The van der Waals surface area contributed by atoms with Crippen LogP contribution in [-0.4, -0.2) is 21.1 Å². The number of rotatable bonds is 5. The highest BCUT2D eigenvalue weighted by molar-refractivity contribution is 5.43. The molecule has 0 unspecified atom stereocenters. The lowest BCUT2D eigenvalue weighted by molar-refractivity contribution is 0.711. The third-order valence-corrected chi connectivity index (χ3v) is 2.51. The molecule has 18 heavy (non-hydrogen) atoms. The van der Waals surface area contributed by atoms with E-state index in [0.29, 0.717) is 6.54 Å². The summed E-state index contributed by atoms with van der Waals surface area (Å²) in [5, 5.41) is 3.29. The van der Waals surface area contributed by atoms with Crippen molar-refractivity contribution in [3.8, 4) is 0 Å². The molecule has 0 atom stereocenters. The molecule has 0 aliphatic carbocycles. The Morgan fingerprint density at radius 2 is 2.22 bits per heavy atom. The first-order valence-electron chi connectivity index (χ1n) is 6.00. The average molecular weight is 244 g/mol. The molecular weight excluding hydrogens is 228 g/mol. The van der Waals surface area contributed by atoms with Crippen molar-refractivity contribution in [3.05, 3.63) is 53.0 Å². The van der Waals surface area contributed by atoms with Crippen LogP contribution in [0.25, 0.3) is 0 Å². The van der Waals surface area contributed by atoms with Gasteiger partial charge in [0.25, 0.3) is 0 Å². The van der Waals surface area contributed by atoms with Gasteiger partial charge in [-0.25, -0.2) is 9.78 Å². The largest absolute Gasteiger partial charge is 0.385 e. The van der Waals surface area contributed by atoms with Crippen molar-refractivity contribution in [1.29, 1.82) is 0 Å². The van der Waals surface area contributed by atoms with Crippen molar-refractivity contribution < 1.29 is 0 Å². The summed E-state index contributed by atoms with van der Waals surface area (Å²) in [5.41, 5.74) is 1.61. The average Bonchev–Trinajstić information content (AvgIpc) is 2.40. The van der Waals surface area contributed by atoms with E-state index >= 15 is 0 Å². The molecule has 2 rings (SSSR count). The van der Waals surface area contributed by atoms with Crippen molar-refractivity contribution in [2.75, 3.05) is 11.9 Å². The number of pyridine rings is 1. The van der Waals surface area contributed by atoms with Gasteiger partial charge in [0.2, 0.25) is 0 Å². The zero-order valence-corrected chi connectivity index (χ0v) is 10.3. The summed E-state index contributed by atoms with van der Waals surface area (Å²) >= 11 is 0. The van der Waals surface area contributed by atoms with Gasteiger partial charge in [-0.15, -0.1) is 0 Å². The van der Waals surface area contributed by atoms with E-state index in [1.807, 2.05) is 12.1 Å². The Labute approximate surface area is 106 Å². The Morgan fingerprint density at radius 3 is 3.00 bits per heavy atom. The minimum absolute atomic E-state index is 0.258. The Bertz CT molecular complexity index is 565. The lowest BCUT2D eigenvalue weighted by atomic mass is 10.3. The molecule has 0 spiro atoms. The third-order valence-electron chi connectivity index (χ3n) is 2.51. The van der Waals surface area contributed by atoms with Crippen molar-refractivity contribution in [1.82, 2.24) is 14.5 Å². The summed E-state index contributed by atoms with van der Waals surface area (Å²) in [7, 11) is 0. The highest BCUT2D eigenvalue weighted by atomic mass is 16.1. The Morgan fingerprint density at radius 1 is 1.33 bits per heavy atom. The fraction of sp³-hybridized carbons (Fsp3) is 0.308. The summed E-state index contributed by atoms with van der Waals surface area (Å²) < 4.78 is 1.53. The van der Waals surface area contributed by atoms with Gasteiger partial charge in [-0.05, 0) is 24.6 Å². The molecular formula is C13H16N4O. The monoisotopic (exact) mass is 244 g/mol. The lowest BCUT2D eigenvalue weighted by Crippen LogP contribution is -2.22. The van der Waals surface area contributed by atoms with Gasteiger partial charge in [0, 0.05) is 30.8 Å². The lowest BCUT2D eigenvalue weighted by Gasteiger charge is -2.07.